The molecule has 106 valence electrons. The highest BCUT2D eigenvalue weighted by Crippen LogP contribution is 2.33. The number of hydrogen-bond donors (Lipinski definition) is 3. The van der Waals surface area contributed by atoms with Crippen molar-refractivity contribution in [3.05, 3.63) is 0 Å². The molecule has 18 heavy (non-hydrogen) atoms. The van der Waals surface area contributed by atoms with Crippen molar-refractivity contribution < 1.29 is 4.79 Å². The monoisotopic (exact) mass is 256 g/mol. The molecular weight excluding hydrogens is 228 g/mol. The third-order valence-corrected chi connectivity index (χ3v) is 4.18. The molecule has 1 aliphatic rings. The van der Waals surface area contributed by atoms with Crippen LogP contribution in [0.4, 0.5) is 0 Å². The van der Waals surface area contributed by atoms with Crippen LogP contribution in [0, 0.1) is 5.92 Å². The van der Waals surface area contributed by atoms with Crippen LogP contribution in [-0.2, 0) is 4.79 Å². The number of carbonyl (C=O) groups is 1. The summed E-state index contributed by atoms with van der Waals surface area (Å²) in [6, 6.07) is 0. The van der Waals surface area contributed by atoms with E-state index in [-0.39, 0.29) is 17.5 Å². The minimum absolute atomic E-state index is 0.0712. The van der Waals surface area contributed by atoms with Gasteiger partial charge < -0.3 is 16.0 Å². The lowest BCUT2D eigenvalue weighted by Crippen LogP contribution is -2.57. The van der Waals surface area contributed by atoms with E-state index in [0.717, 1.165) is 38.8 Å². The molecule has 0 aromatic carbocycles. The molecule has 0 aromatic heterocycles. The summed E-state index contributed by atoms with van der Waals surface area (Å²) >= 11 is 0. The highest BCUT2D eigenvalue weighted by molar-refractivity contribution is 5.78. The zero-order valence-electron chi connectivity index (χ0n) is 12.2. The van der Waals surface area contributed by atoms with Crippen LogP contribution in [0.3, 0.4) is 0 Å². The van der Waals surface area contributed by atoms with Gasteiger partial charge in [0.1, 0.15) is 0 Å². The van der Waals surface area contributed by atoms with Crippen molar-refractivity contribution in [1.29, 1.82) is 0 Å². The largest absolute Gasteiger partial charge is 0.355 e. The van der Waals surface area contributed by atoms with E-state index >= 15 is 0 Å². The van der Waals surface area contributed by atoms with Gasteiger partial charge >= 0.3 is 0 Å². The smallest absolute Gasteiger partial charge is 0.223 e. The van der Waals surface area contributed by atoms with Crippen LogP contribution in [0.15, 0.2) is 0 Å². The van der Waals surface area contributed by atoms with Gasteiger partial charge in [0.25, 0.3) is 0 Å². The van der Waals surface area contributed by atoms with Gasteiger partial charge in [-0.05, 0) is 53.9 Å². The van der Waals surface area contributed by atoms with Gasteiger partial charge in [0.05, 0.1) is 5.66 Å². The Labute approximate surface area is 111 Å². The molecular formula is C13H28N4O. The maximum Gasteiger partial charge on any atom is 0.223 e. The first-order valence-corrected chi connectivity index (χ1v) is 6.84. The fourth-order valence-electron chi connectivity index (χ4n) is 2.73. The zero-order chi connectivity index (χ0) is 13.6. The molecule has 0 bridgehead atoms. The average Bonchev–Trinajstić information content (AvgIpc) is 2.38. The number of nitrogens with one attached hydrogen (secondary N) is 3. The minimum Gasteiger partial charge on any atom is -0.355 e. The van der Waals surface area contributed by atoms with Crippen molar-refractivity contribution in [2.45, 2.75) is 31.3 Å². The van der Waals surface area contributed by atoms with E-state index in [2.05, 4.69) is 34.9 Å². The molecule has 5 nitrogen and oxygen atoms in total. The fourth-order valence-corrected chi connectivity index (χ4v) is 2.73. The third kappa shape index (κ3) is 3.67. The molecule has 1 amide bonds. The van der Waals surface area contributed by atoms with E-state index in [1.165, 1.54) is 0 Å². The Morgan fingerprint density at radius 3 is 2.28 bits per heavy atom. The summed E-state index contributed by atoms with van der Waals surface area (Å²) in [6.07, 6.45) is 3.98. The number of rotatable bonds is 6. The second-order valence-electron chi connectivity index (χ2n) is 5.34. The first kappa shape index (κ1) is 15.4. The first-order valence-electron chi connectivity index (χ1n) is 6.84. The van der Waals surface area contributed by atoms with Crippen molar-refractivity contribution in [2.75, 3.05) is 41.3 Å². The topological polar surface area (TPSA) is 56.4 Å². The maximum atomic E-state index is 12.0. The highest BCUT2D eigenvalue weighted by atomic mass is 16.1. The van der Waals surface area contributed by atoms with Crippen molar-refractivity contribution in [2.24, 2.45) is 5.92 Å². The van der Waals surface area contributed by atoms with Crippen LogP contribution >= 0.6 is 0 Å². The average molecular weight is 256 g/mol. The maximum absolute atomic E-state index is 12.0. The summed E-state index contributed by atoms with van der Waals surface area (Å²) in [5, 5.41) is 9.44. The molecule has 0 saturated heterocycles. The van der Waals surface area contributed by atoms with Gasteiger partial charge in [-0.15, -0.1) is 0 Å². The van der Waals surface area contributed by atoms with Gasteiger partial charge in [-0.1, -0.05) is 0 Å². The SMILES string of the molecule is CNCCNC(=O)C1CCC(NC)(N(C)C)CC1. The Morgan fingerprint density at radius 1 is 1.22 bits per heavy atom. The van der Waals surface area contributed by atoms with Crippen LogP contribution < -0.4 is 16.0 Å². The van der Waals surface area contributed by atoms with E-state index < -0.39 is 0 Å². The second kappa shape index (κ2) is 7.07. The van der Waals surface area contributed by atoms with Crippen LogP contribution in [0.25, 0.3) is 0 Å². The molecule has 0 atom stereocenters. The quantitative estimate of drug-likeness (QED) is 0.462. The Hall–Kier alpha value is -0.650. The fraction of sp³-hybridized carbons (Fsp3) is 0.923. The standard InChI is InChI=1S/C13H28N4O/c1-14-9-10-16-12(18)11-5-7-13(15-2,8-6-11)17(3)4/h11,14-15H,5-10H2,1-4H3,(H,16,18). The third-order valence-electron chi connectivity index (χ3n) is 4.18. The van der Waals surface area contributed by atoms with Crippen LogP contribution in [0.5, 0.6) is 0 Å². The van der Waals surface area contributed by atoms with Crippen molar-refractivity contribution in [1.82, 2.24) is 20.9 Å². The summed E-state index contributed by atoms with van der Waals surface area (Å²) in [5.41, 5.74) is 0.0712. The Balaban J connectivity index is 2.40. The van der Waals surface area contributed by atoms with Gasteiger partial charge in [0.2, 0.25) is 5.91 Å². The number of nitrogens with zero attached hydrogens (tertiary/aromatic N) is 1. The molecule has 1 rings (SSSR count). The number of hydrogen-bond acceptors (Lipinski definition) is 4. The van der Waals surface area contributed by atoms with E-state index in [0.29, 0.717) is 0 Å². The van der Waals surface area contributed by atoms with Crippen LogP contribution in [-0.4, -0.2) is 57.8 Å². The van der Waals surface area contributed by atoms with Gasteiger partial charge in [-0.3, -0.25) is 9.69 Å². The number of carbonyl (C=O) groups excluding carboxylic acids is 1. The number of likely N-dealkylation sites (N-methyl/N-ethyl adjacent to an activating group) is 1. The first-order chi connectivity index (χ1) is 8.55. The highest BCUT2D eigenvalue weighted by Gasteiger charge is 2.37. The van der Waals surface area contributed by atoms with Crippen molar-refractivity contribution >= 4 is 5.91 Å². The lowest BCUT2D eigenvalue weighted by atomic mass is 9.80. The molecule has 0 aromatic rings. The van der Waals surface area contributed by atoms with E-state index in [1.54, 1.807) is 0 Å². The molecule has 0 aliphatic heterocycles. The summed E-state index contributed by atoms with van der Waals surface area (Å²) in [7, 11) is 8.10. The lowest BCUT2D eigenvalue weighted by molar-refractivity contribution is -0.127. The normalized spacial score (nSPS) is 28.4. The van der Waals surface area contributed by atoms with E-state index in [1.807, 2.05) is 14.1 Å². The van der Waals surface area contributed by atoms with Gasteiger partial charge in [0, 0.05) is 19.0 Å². The molecule has 0 heterocycles. The lowest BCUT2D eigenvalue weighted by Gasteiger charge is -2.44. The van der Waals surface area contributed by atoms with Crippen LogP contribution in [0.2, 0.25) is 0 Å². The molecule has 3 N–H and O–H groups in total. The summed E-state index contributed by atoms with van der Waals surface area (Å²) < 4.78 is 0. The molecule has 0 radical (unpaired) electrons. The molecule has 1 fully saturated rings. The molecule has 5 heteroatoms. The molecule has 0 spiro atoms. The summed E-state index contributed by atoms with van der Waals surface area (Å²) in [5.74, 6) is 0.400. The zero-order valence-corrected chi connectivity index (χ0v) is 12.2. The Bertz CT molecular complexity index is 260. The second-order valence-corrected chi connectivity index (χ2v) is 5.34. The predicted octanol–water partition coefficient (Wildman–Crippen LogP) is -0.0105. The van der Waals surface area contributed by atoms with Gasteiger partial charge in [0.15, 0.2) is 0 Å². The molecule has 1 saturated carbocycles. The summed E-state index contributed by atoms with van der Waals surface area (Å²) in [4.78, 5) is 14.2. The molecule has 1 aliphatic carbocycles. The predicted molar refractivity (Wildman–Crippen MR) is 74.4 cm³/mol. The molecule has 0 unspecified atom stereocenters. The Morgan fingerprint density at radius 2 is 1.83 bits per heavy atom. The minimum atomic E-state index is 0.0712. The van der Waals surface area contributed by atoms with Gasteiger partial charge in [-0.2, -0.15) is 0 Å². The van der Waals surface area contributed by atoms with Crippen LogP contribution in [0.1, 0.15) is 25.7 Å². The van der Waals surface area contributed by atoms with E-state index in [4.69, 9.17) is 0 Å². The van der Waals surface area contributed by atoms with E-state index in [9.17, 15) is 4.79 Å². The summed E-state index contributed by atoms with van der Waals surface area (Å²) in [6.45, 7) is 1.55. The number of amides is 1. The van der Waals surface area contributed by atoms with Crippen molar-refractivity contribution in [3.8, 4) is 0 Å². The van der Waals surface area contributed by atoms with Crippen molar-refractivity contribution in [3.63, 3.8) is 0 Å². The van der Waals surface area contributed by atoms with Gasteiger partial charge in [-0.25, -0.2) is 0 Å². The Kier molecular flexibility index (Phi) is 6.05.